The molecule has 1 atom stereocenters. The van der Waals surface area contributed by atoms with E-state index in [0.29, 0.717) is 12.6 Å². The molecule has 92 valence electrons. The first-order chi connectivity index (χ1) is 8.29. The maximum Gasteiger partial charge on any atom is 0.0731 e. The third-order valence-corrected chi connectivity index (χ3v) is 3.29. The number of nitrogens with one attached hydrogen (secondary N) is 1. The van der Waals surface area contributed by atoms with Gasteiger partial charge in [0.15, 0.2) is 0 Å². The summed E-state index contributed by atoms with van der Waals surface area (Å²) in [6, 6.07) is 2.44. The second-order valence-corrected chi connectivity index (χ2v) is 4.69. The van der Waals surface area contributed by atoms with Crippen molar-refractivity contribution in [1.82, 2.24) is 9.78 Å². The minimum atomic E-state index is 0.307. The van der Waals surface area contributed by atoms with E-state index in [1.165, 1.54) is 5.56 Å². The van der Waals surface area contributed by atoms with E-state index in [-0.39, 0.29) is 0 Å². The van der Waals surface area contributed by atoms with Crippen LogP contribution < -0.4 is 5.32 Å². The van der Waals surface area contributed by atoms with Crippen molar-refractivity contribution in [2.75, 3.05) is 19.0 Å². The molecule has 1 unspecified atom stereocenters. The predicted octanol–water partition coefficient (Wildman–Crippen LogP) is 2.76. The van der Waals surface area contributed by atoms with Gasteiger partial charge in [-0.1, -0.05) is 0 Å². The number of thiophene rings is 1. The molecule has 0 fully saturated rings. The van der Waals surface area contributed by atoms with Crippen LogP contribution in [0, 0.1) is 0 Å². The molecule has 17 heavy (non-hydrogen) atoms. The Bertz CT molecular complexity index is 438. The Morgan fingerprint density at radius 1 is 1.59 bits per heavy atom. The monoisotopic (exact) mass is 251 g/mol. The molecule has 0 aliphatic carbocycles. The number of nitrogens with zero attached hydrogens (tertiary/aromatic N) is 2. The van der Waals surface area contributed by atoms with Gasteiger partial charge in [-0.25, -0.2) is 0 Å². The summed E-state index contributed by atoms with van der Waals surface area (Å²) in [5.41, 5.74) is 2.35. The van der Waals surface area contributed by atoms with Crippen LogP contribution in [0.5, 0.6) is 0 Å². The summed E-state index contributed by atoms with van der Waals surface area (Å²) in [6.07, 6.45) is 3.85. The van der Waals surface area contributed by atoms with Crippen LogP contribution in [0.2, 0.25) is 0 Å². The van der Waals surface area contributed by atoms with Crippen LogP contribution >= 0.6 is 11.3 Å². The Labute approximate surface area is 105 Å². The van der Waals surface area contributed by atoms with Gasteiger partial charge < -0.3 is 10.1 Å². The minimum absolute atomic E-state index is 0.307. The lowest BCUT2D eigenvalue weighted by Gasteiger charge is -2.11. The lowest BCUT2D eigenvalue weighted by atomic mass is 10.2. The molecule has 0 amide bonds. The molecule has 2 aromatic rings. The van der Waals surface area contributed by atoms with Crippen LogP contribution in [0.1, 0.15) is 18.5 Å². The van der Waals surface area contributed by atoms with Crippen LogP contribution in [0.4, 0.5) is 5.69 Å². The smallest absolute Gasteiger partial charge is 0.0731 e. The van der Waals surface area contributed by atoms with Gasteiger partial charge in [0.1, 0.15) is 0 Å². The van der Waals surface area contributed by atoms with Crippen molar-refractivity contribution in [1.29, 1.82) is 0 Å². The molecule has 0 aromatic carbocycles. The highest BCUT2D eigenvalue weighted by atomic mass is 32.1. The fourth-order valence-corrected chi connectivity index (χ4v) is 2.35. The maximum absolute atomic E-state index is 5.02. The standard InChI is InChI=1S/C12H17N3OS/c1-10(11-3-6-17-9-11)14-12-7-13-15(8-12)4-5-16-2/h3,6-10,14H,4-5H2,1-2H3. The third kappa shape index (κ3) is 3.31. The van der Waals surface area contributed by atoms with Crippen molar-refractivity contribution in [3.63, 3.8) is 0 Å². The summed E-state index contributed by atoms with van der Waals surface area (Å²) in [4.78, 5) is 0. The molecule has 4 nitrogen and oxygen atoms in total. The van der Waals surface area contributed by atoms with E-state index in [0.717, 1.165) is 12.2 Å². The molecule has 0 radical (unpaired) electrons. The fourth-order valence-electron chi connectivity index (χ4n) is 1.60. The van der Waals surface area contributed by atoms with Crippen molar-refractivity contribution >= 4 is 17.0 Å². The number of rotatable bonds is 6. The Morgan fingerprint density at radius 2 is 2.47 bits per heavy atom. The first kappa shape index (κ1) is 12.1. The molecule has 2 heterocycles. The molecule has 2 aromatic heterocycles. The maximum atomic E-state index is 5.02. The van der Waals surface area contributed by atoms with Gasteiger partial charge in [0.2, 0.25) is 0 Å². The van der Waals surface area contributed by atoms with Gasteiger partial charge in [-0.15, -0.1) is 0 Å². The lowest BCUT2D eigenvalue weighted by Crippen LogP contribution is -2.05. The van der Waals surface area contributed by atoms with Crippen molar-refractivity contribution in [3.8, 4) is 0 Å². The quantitative estimate of drug-likeness (QED) is 0.858. The molecule has 1 N–H and O–H groups in total. The number of hydrogen-bond acceptors (Lipinski definition) is 4. The van der Waals surface area contributed by atoms with Crippen LogP contribution in [-0.4, -0.2) is 23.5 Å². The van der Waals surface area contributed by atoms with Crippen LogP contribution in [0.15, 0.2) is 29.2 Å². The SMILES string of the molecule is COCCn1cc(NC(C)c2ccsc2)cn1. The summed E-state index contributed by atoms with van der Waals surface area (Å²) < 4.78 is 6.90. The van der Waals surface area contributed by atoms with Crippen molar-refractivity contribution in [3.05, 3.63) is 34.8 Å². The van der Waals surface area contributed by atoms with E-state index < -0.39 is 0 Å². The van der Waals surface area contributed by atoms with Gasteiger partial charge in [-0.05, 0) is 29.3 Å². The number of ether oxygens (including phenoxy) is 1. The van der Waals surface area contributed by atoms with Gasteiger partial charge >= 0.3 is 0 Å². The van der Waals surface area contributed by atoms with Gasteiger partial charge in [-0.2, -0.15) is 16.4 Å². The first-order valence-electron chi connectivity index (χ1n) is 5.59. The average molecular weight is 251 g/mol. The van der Waals surface area contributed by atoms with E-state index in [1.54, 1.807) is 18.4 Å². The van der Waals surface area contributed by atoms with E-state index >= 15 is 0 Å². The summed E-state index contributed by atoms with van der Waals surface area (Å²) in [7, 11) is 1.70. The molecule has 0 bridgehead atoms. The zero-order valence-electron chi connectivity index (χ0n) is 10.1. The minimum Gasteiger partial charge on any atom is -0.383 e. The second kappa shape index (κ2) is 5.84. The summed E-state index contributed by atoms with van der Waals surface area (Å²) in [5.74, 6) is 0. The summed E-state index contributed by atoms with van der Waals surface area (Å²) in [6.45, 7) is 3.61. The van der Waals surface area contributed by atoms with Crippen LogP contribution in [0.25, 0.3) is 0 Å². The topological polar surface area (TPSA) is 39.1 Å². The van der Waals surface area contributed by atoms with Gasteiger partial charge in [0.25, 0.3) is 0 Å². The van der Waals surface area contributed by atoms with Gasteiger partial charge in [0.05, 0.1) is 25.0 Å². The zero-order chi connectivity index (χ0) is 12.1. The summed E-state index contributed by atoms with van der Waals surface area (Å²) in [5, 5.41) is 11.9. The van der Waals surface area contributed by atoms with Crippen molar-refractivity contribution in [2.24, 2.45) is 0 Å². The molecule has 0 aliphatic heterocycles. The number of aromatic nitrogens is 2. The molecule has 0 spiro atoms. The Hall–Kier alpha value is -1.33. The Balaban J connectivity index is 1.92. The van der Waals surface area contributed by atoms with E-state index in [1.807, 2.05) is 17.1 Å². The molecule has 0 aliphatic rings. The van der Waals surface area contributed by atoms with Crippen LogP contribution in [0.3, 0.4) is 0 Å². The highest BCUT2D eigenvalue weighted by Crippen LogP contribution is 2.20. The van der Waals surface area contributed by atoms with E-state index in [2.05, 4.69) is 34.2 Å². The number of hydrogen-bond donors (Lipinski definition) is 1. The zero-order valence-corrected chi connectivity index (χ0v) is 10.9. The number of methoxy groups -OCH3 is 1. The van der Waals surface area contributed by atoms with E-state index in [4.69, 9.17) is 4.74 Å². The average Bonchev–Trinajstić information content (AvgIpc) is 2.97. The predicted molar refractivity (Wildman–Crippen MR) is 70.5 cm³/mol. The molecule has 0 saturated carbocycles. The van der Waals surface area contributed by atoms with Gasteiger partial charge in [0, 0.05) is 19.3 Å². The fraction of sp³-hybridized carbons (Fsp3) is 0.417. The first-order valence-corrected chi connectivity index (χ1v) is 6.54. The third-order valence-electron chi connectivity index (χ3n) is 2.58. The molecule has 2 rings (SSSR count). The highest BCUT2D eigenvalue weighted by Gasteiger charge is 2.06. The largest absolute Gasteiger partial charge is 0.383 e. The van der Waals surface area contributed by atoms with E-state index in [9.17, 15) is 0 Å². The van der Waals surface area contributed by atoms with Crippen LogP contribution in [-0.2, 0) is 11.3 Å². The molecular formula is C12H17N3OS. The van der Waals surface area contributed by atoms with Crippen molar-refractivity contribution in [2.45, 2.75) is 19.5 Å². The highest BCUT2D eigenvalue weighted by molar-refractivity contribution is 7.07. The number of anilines is 1. The van der Waals surface area contributed by atoms with Crippen molar-refractivity contribution < 1.29 is 4.74 Å². The molecular weight excluding hydrogens is 234 g/mol. The normalized spacial score (nSPS) is 12.6. The summed E-state index contributed by atoms with van der Waals surface area (Å²) >= 11 is 1.72. The molecule has 0 saturated heterocycles. The Kier molecular flexibility index (Phi) is 4.17. The van der Waals surface area contributed by atoms with Gasteiger partial charge in [-0.3, -0.25) is 4.68 Å². The second-order valence-electron chi connectivity index (χ2n) is 3.91. The lowest BCUT2D eigenvalue weighted by molar-refractivity contribution is 0.183. The Morgan fingerprint density at radius 3 is 3.18 bits per heavy atom. The molecule has 5 heteroatoms.